The number of aryl methyl sites for hydroxylation is 1. The molecule has 0 fully saturated rings. The summed E-state index contributed by atoms with van der Waals surface area (Å²) in [6, 6.07) is 8.15. The molecule has 9 heteroatoms. The molecule has 3 aromatic rings. The maximum atomic E-state index is 13.0. The number of benzene rings is 1. The lowest BCUT2D eigenvalue weighted by Gasteiger charge is -2.10. The van der Waals surface area contributed by atoms with E-state index in [0.29, 0.717) is 30.0 Å². The predicted octanol–water partition coefficient (Wildman–Crippen LogP) is 4.48. The second-order valence-corrected chi connectivity index (χ2v) is 6.36. The molecule has 2 aromatic heterocycles. The molecular weight excluding hydrogens is 387 g/mol. The maximum Gasteiger partial charge on any atom is 0.417 e. The fourth-order valence-electron chi connectivity index (χ4n) is 2.76. The number of amides is 1. The van der Waals surface area contributed by atoms with Gasteiger partial charge in [0.25, 0.3) is 5.91 Å². The highest BCUT2D eigenvalue weighted by Gasteiger charge is 2.31. The lowest BCUT2D eigenvalue weighted by atomic mass is 10.2. The molecule has 0 saturated heterocycles. The number of hydrogen-bond donors (Lipinski definition) is 1. The smallest absolute Gasteiger partial charge is 0.417 e. The van der Waals surface area contributed by atoms with Gasteiger partial charge in [-0.15, -0.1) is 0 Å². The van der Waals surface area contributed by atoms with Crippen LogP contribution in [-0.2, 0) is 10.9 Å². The van der Waals surface area contributed by atoms with Crippen molar-refractivity contribution in [2.75, 3.05) is 11.9 Å². The van der Waals surface area contributed by atoms with Crippen LogP contribution in [0.3, 0.4) is 0 Å². The molecular formula is C20H18F3N3O3. The van der Waals surface area contributed by atoms with Crippen LogP contribution in [0.25, 0.3) is 5.65 Å². The number of halogens is 3. The largest absolute Gasteiger partial charge is 0.462 e. The molecule has 3 rings (SSSR count). The van der Waals surface area contributed by atoms with Crippen LogP contribution in [0.2, 0.25) is 0 Å². The van der Waals surface area contributed by atoms with E-state index in [4.69, 9.17) is 4.74 Å². The second-order valence-electron chi connectivity index (χ2n) is 6.36. The predicted molar refractivity (Wildman–Crippen MR) is 99.9 cm³/mol. The first-order valence-electron chi connectivity index (χ1n) is 8.85. The first-order valence-corrected chi connectivity index (χ1v) is 8.85. The summed E-state index contributed by atoms with van der Waals surface area (Å²) in [5.41, 5.74) is 0.348. The van der Waals surface area contributed by atoms with Crippen LogP contribution in [0, 0.1) is 6.92 Å². The number of alkyl halides is 3. The number of esters is 1. The average Bonchev–Trinajstić information content (AvgIpc) is 3.00. The van der Waals surface area contributed by atoms with E-state index in [1.807, 2.05) is 6.92 Å². The molecule has 29 heavy (non-hydrogen) atoms. The van der Waals surface area contributed by atoms with Crippen molar-refractivity contribution in [2.24, 2.45) is 0 Å². The van der Waals surface area contributed by atoms with Crippen molar-refractivity contribution in [3.8, 4) is 0 Å². The highest BCUT2D eigenvalue weighted by molar-refractivity contribution is 6.04. The first kappa shape index (κ1) is 20.4. The third-order valence-electron chi connectivity index (χ3n) is 4.15. The van der Waals surface area contributed by atoms with Gasteiger partial charge >= 0.3 is 12.1 Å². The number of carbonyl (C=O) groups excluding carboxylic acids is 2. The molecule has 0 aliphatic carbocycles. The van der Waals surface area contributed by atoms with Crippen LogP contribution in [0.4, 0.5) is 18.9 Å². The van der Waals surface area contributed by atoms with Crippen LogP contribution >= 0.6 is 0 Å². The fourth-order valence-corrected chi connectivity index (χ4v) is 2.76. The Morgan fingerprint density at radius 3 is 2.45 bits per heavy atom. The fraction of sp³-hybridized carbons (Fsp3) is 0.250. The van der Waals surface area contributed by atoms with Crippen LogP contribution < -0.4 is 5.32 Å². The third-order valence-corrected chi connectivity index (χ3v) is 4.15. The van der Waals surface area contributed by atoms with Crippen molar-refractivity contribution >= 4 is 23.2 Å². The molecule has 6 nitrogen and oxygen atoms in total. The zero-order valence-corrected chi connectivity index (χ0v) is 15.7. The van der Waals surface area contributed by atoms with E-state index < -0.39 is 23.6 Å². The summed E-state index contributed by atoms with van der Waals surface area (Å²) in [5.74, 6) is -1.09. The Morgan fingerprint density at radius 2 is 1.83 bits per heavy atom. The Bertz CT molecular complexity index is 1060. The highest BCUT2D eigenvalue weighted by atomic mass is 19.4. The summed E-state index contributed by atoms with van der Waals surface area (Å²) in [6.07, 6.45) is -2.99. The molecule has 0 radical (unpaired) electrons. The van der Waals surface area contributed by atoms with Crippen molar-refractivity contribution in [3.05, 3.63) is 65.1 Å². The number of fused-ring (bicyclic) bond motifs is 1. The lowest BCUT2D eigenvalue weighted by Crippen LogP contribution is -2.16. The average molecular weight is 405 g/mol. The summed E-state index contributed by atoms with van der Waals surface area (Å²) >= 11 is 0. The molecule has 0 saturated carbocycles. The van der Waals surface area contributed by atoms with Crippen LogP contribution in [0.5, 0.6) is 0 Å². The molecule has 2 heterocycles. The topological polar surface area (TPSA) is 72.7 Å². The van der Waals surface area contributed by atoms with Crippen LogP contribution in [-0.4, -0.2) is 27.9 Å². The molecule has 1 N–H and O–H groups in total. The quantitative estimate of drug-likeness (QED) is 0.636. The molecule has 0 unspecified atom stereocenters. The van der Waals surface area contributed by atoms with Gasteiger partial charge in [-0.2, -0.15) is 13.2 Å². The number of nitrogens with one attached hydrogen (secondary N) is 1. The van der Waals surface area contributed by atoms with Gasteiger partial charge in [0, 0.05) is 11.9 Å². The van der Waals surface area contributed by atoms with E-state index in [9.17, 15) is 22.8 Å². The van der Waals surface area contributed by atoms with Gasteiger partial charge < -0.3 is 10.1 Å². The molecule has 0 atom stereocenters. The summed E-state index contributed by atoms with van der Waals surface area (Å²) < 4.78 is 45.2. The van der Waals surface area contributed by atoms with Gasteiger partial charge in [0.05, 0.1) is 23.4 Å². The summed E-state index contributed by atoms with van der Waals surface area (Å²) in [5, 5.41) is 2.61. The normalized spacial score (nSPS) is 11.5. The van der Waals surface area contributed by atoms with Gasteiger partial charge in [0.1, 0.15) is 11.3 Å². The molecule has 1 amide bonds. The number of anilines is 1. The minimum Gasteiger partial charge on any atom is -0.462 e. The minimum absolute atomic E-state index is 0.00229. The number of aromatic nitrogens is 2. The van der Waals surface area contributed by atoms with Crippen LogP contribution in [0.15, 0.2) is 42.6 Å². The van der Waals surface area contributed by atoms with Gasteiger partial charge in [-0.25, -0.2) is 9.78 Å². The van der Waals surface area contributed by atoms with E-state index in [1.54, 1.807) is 6.92 Å². The SMILES string of the molecule is CCCOC(=O)c1ccc(NC(=O)c2c(C)nc3ccc(C(F)(F)F)cn23)cc1. The van der Waals surface area contributed by atoms with Crippen molar-refractivity contribution in [1.82, 2.24) is 9.38 Å². The van der Waals surface area contributed by atoms with Gasteiger partial charge in [-0.3, -0.25) is 9.20 Å². The van der Waals surface area contributed by atoms with E-state index in [-0.39, 0.29) is 11.3 Å². The van der Waals surface area contributed by atoms with E-state index in [1.165, 1.54) is 30.3 Å². The summed E-state index contributed by atoms with van der Waals surface area (Å²) in [6.45, 7) is 3.73. The number of pyridine rings is 1. The second kappa shape index (κ2) is 7.94. The number of nitrogens with zero attached hydrogens (tertiary/aromatic N) is 2. The van der Waals surface area contributed by atoms with Crippen molar-refractivity contribution in [3.63, 3.8) is 0 Å². The van der Waals surface area contributed by atoms with Crippen molar-refractivity contribution in [2.45, 2.75) is 26.4 Å². The summed E-state index contributed by atoms with van der Waals surface area (Å²) in [7, 11) is 0. The molecule has 0 aliphatic heterocycles. The zero-order chi connectivity index (χ0) is 21.2. The van der Waals surface area contributed by atoms with Crippen molar-refractivity contribution in [1.29, 1.82) is 0 Å². The van der Waals surface area contributed by atoms with Gasteiger partial charge in [0.15, 0.2) is 0 Å². The number of ether oxygens (including phenoxy) is 1. The van der Waals surface area contributed by atoms with E-state index in [2.05, 4.69) is 10.3 Å². The van der Waals surface area contributed by atoms with Crippen LogP contribution in [0.1, 0.15) is 45.4 Å². The first-order chi connectivity index (χ1) is 13.7. The van der Waals surface area contributed by atoms with Gasteiger partial charge in [-0.1, -0.05) is 6.92 Å². The Labute approximate surface area is 164 Å². The van der Waals surface area contributed by atoms with Gasteiger partial charge in [0.2, 0.25) is 0 Å². The lowest BCUT2D eigenvalue weighted by molar-refractivity contribution is -0.137. The Morgan fingerprint density at radius 1 is 1.14 bits per heavy atom. The number of carbonyl (C=O) groups is 2. The molecule has 0 bridgehead atoms. The number of rotatable bonds is 5. The number of imidazole rings is 1. The van der Waals surface area contributed by atoms with Gasteiger partial charge in [-0.05, 0) is 49.7 Å². The third kappa shape index (κ3) is 4.39. The molecule has 152 valence electrons. The standard InChI is InChI=1S/C20H18F3N3O3/c1-3-10-29-19(28)13-4-7-15(8-5-13)25-18(27)17-12(2)24-16-9-6-14(11-26(16)17)20(21,22)23/h4-9,11H,3,10H2,1-2H3,(H,25,27). The Hall–Kier alpha value is -3.36. The molecule has 0 aliphatic rings. The molecule has 1 aromatic carbocycles. The van der Waals surface area contributed by atoms with Crippen molar-refractivity contribution < 1.29 is 27.5 Å². The monoisotopic (exact) mass is 405 g/mol. The minimum atomic E-state index is -4.54. The zero-order valence-electron chi connectivity index (χ0n) is 15.7. The maximum absolute atomic E-state index is 13.0. The number of hydrogen-bond acceptors (Lipinski definition) is 4. The van der Waals surface area contributed by atoms with E-state index >= 15 is 0 Å². The highest BCUT2D eigenvalue weighted by Crippen LogP contribution is 2.30. The Balaban J connectivity index is 1.84. The Kier molecular flexibility index (Phi) is 5.58. The summed E-state index contributed by atoms with van der Waals surface area (Å²) in [4.78, 5) is 28.6. The van der Waals surface area contributed by atoms with E-state index in [0.717, 1.165) is 16.7 Å². The molecule has 0 spiro atoms.